The van der Waals surface area contributed by atoms with E-state index in [0.29, 0.717) is 18.4 Å². The Bertz CT molecular complexity index is 1120. The normalized spacial score (nSPS) is 20.7. The summed E-state index contributed by atoms with van der Waals surface area (Å²) in [6.07, 6.45) is 5.92. The van der Waals surface area contributed by atoms with Crippen molar-refractivity contribution in [1.29, 1.82) is 0 Å². The predicted molar refractivity (Wildman–Crippen MR) is 114 cm³/mol. The van der Waals surface area contributed by atoms with Crippen LogP contribution >= 0.6 is 0 Å². The van der Waals surface area contributed by atoms with Gasteiger partial charge in [0.05, 0.1) is 4.90 Å². The van der Waals surface area contributed by atoms with Crippen LogP contribution in [0, 0.1) is 0 Å². The molecule has 2 fully saturated rings. The Morgan fingerprint density at radius 3 is 2.58 bits per heavy atom. The van der Waals surface area contributed by atoms with Gasteiger partial charge >= 0.3 is 6.16 Å². The van der Waals surface area contributed by atoms with Gasteiger partial charge in [0.15, 0.2) is 6.73 Å². The number of carbonyl (C=O) groups excluding carboxylic acids is 1. The summed E-state index contributed by atoms with van der Waals surface area (Å²) in [5.74, 6) is 0. The van der Waals surface area contributed by atoms with Gasteiger partial charge in [-0.25, -0.2) is 13.2 Å². The highest BCUT2D eigenvalue weighted by Crippen LogP contribution is 2.26. The number of aromatic nitrogens is 1. The van der Waals surface area contributed by atoms with Gasteiger partial charge in [0.2, 0.25) is 10.0 Å². The van der Waals surface area contributed by atoms with Gasteiger partial charge in [-0.2, -0.15) is 4.31 Å². The Hall–Kier alpha value is -2.43. The number of pyridine rings is 1. The van der Waals surface area contributed by atoms with Crippen LogP contribution < -0.4 is 11.3 Å². The van der Waals surface area contributed by atoms with Crippen LogP contribution in [0.2, 0.25) is 0 Å². The van der Waals surface area contributed by atoms with Gasteiger partial charge < -0.3 is 15.2 Å². The number of hydrogen-bond donors (Lipinski definition) is 1. The number of hydrogen-bond acceptors (Lipinski definition) is 7. The zero-order chi connectivity index (χ0) is 22.0. The van der Waals surface area contributed by atoms with E-state index in [1.807, 2.05) is 0 Å². The molecule has 168 valence electrons. The number of rotatable bonds is 5. The van der Waals surface area contributed by atoms with Crippen molar-refractivity contribution in [1.82, 2.24) is 8.87 Å². The quantitative estimate of drug-likeness (QED) is 0.694. The molecule has 10 heteroatoms. The number of ether oxygens (including phenoxy) is 2. The van der Waals surface area contributed by atoms with Crippen LogP contribution in [-0.2, 0) is 26.2 Å². The Labute approximate surface area is 180 Å². The molecule has 1 aromatic carbocycles. The first-order valence-corrected chi connectivity index (χ1v) is 12.0. The molecule has 9 nitrogen and oxygen atoms in total. The van der Waals surface area contributed by atoms with Crippen LogP contribution in [0.4, 0.5) is 4.79 Å². The maximum atomic E-state index is 13.1. The molecule has 1 atom stereocenters. The fourth-order valence-electron chi connectivity index (χ4n) is 4.20. The molecule has 2 aliphatic rings. The maximum absolute atomic E-state index is 13.1. The fraction of sp³-hybridized carbons (Fsp3) is 0.524. The summed E-state index contributed by atoms with van der Waals surface area (Å²) < 4.78 is 39.1. The highest BCUT2D eigenvalue weighted by atomic mass is 32.2. The van der Waals surface area contributed by atoms with E-state index in [1.54, 1.807) is 12.1 Å². The van der Waals surface area contributed by atoms with Crippen molar-refractivity contribution in [2.24, 2.45) is 5.73 Å². The van der Waals surface area contributed by atoms with E-state index in [1.165, 1.54) is 27.2 Å². The second kappa shape index (κ2) is 8.97. The second-order valence-electron chi connectivity index (χ2n) is 8.12. The van der Waals surface area contributed by atoms with E-state index in [2.05, 4.69) is 0 Å². The van der Waals surface area contributed by atoms with E-state index < -0.39 is 21.7 Å². The molecule has 0 radical (unpaired) electrons. The minimum atomic E-state index is -3.77. The third-order valence-corrected chi connectivity index (χ3v) is 7.84. The van der Waals surface area contributed by atoms with Crippen molar-refractivity contribution < 1.29 is 22.7 Å². The van der Waals surface area contributed by atoms with Crippen LogP contribution in [0.5, 0.6) is 0 Å². The van der Waals surface area contributed by atoms with E-state index >= 15 is 0 Å². The smallest absolute Gasteiger partial charge is 0.431 e. The third kappa shape index (κ3) is 4.60. The lowest BCUT2D eigenvalue weighted by Gasteiger charge is -2.21. The van der Waals surface area contributed by atoms with Crippen molar-refractivity contribution >= 4 is 27.0 Å². The lowest BCUT2D eigenvalue weighted by atomic mass is 9.98. The summed E-state index contributed by atoms with van der Waals surface area (Å²) in [6, 6.07) is 5.95. The van der Waals surface area contributed by atoms with Gasteiger partial charge in [-0.3, -0.25) is 9.36 Å². The van der Waals surface area contributed by atoms with E-state index in [9.17, 15) is 18.0 Å². The first-order valence-electron chi connectivity index (χ1n) is 10.6. The lowest BCUT2D eigenvalue weighted by Crippen LogP contribution is -2.32. The molecule has 1 aliphatic heterocycles. The molecule has 4 rings (SSSR count). The number of sulfonamides is 1. The molecule has 2 N–H and O–H groups in total. The van der Waals surface area contributed by atoms with Crippen molar-refractivity contribution in [3.63, 3.8) is 0 Å². The third-order valence-electron chi connectivity index (χ3n) is 5.92. The average molecular weight is 450 g/mol. The van der Waals surface area contributed by atoms with Crippen LogP contribution in [0.15, 0.2) is 40.2 Å². The largest absolute Gasteiger partial charge is 0.510 e. The lowest BCUT2D eigenvalue weighted by molar-refractivity contribution is -0.00412. The van der Waals surface area contributed by atoms with Gasteiger partial charge in [0.1, 0.15) is 6.10 Å². The minimum absolute atomic E-state index is 0.0703. The molecular weight excluding hydrogens is 422 g/mol. The summed E-state index contributed by atoms with van der Waals surface area (Å²) in [4.78, 5) is 24.9. The van der Waals surface area contributed by atoms with Crippen LogP contribution in [0.3, 0.4) is 0 Å². The van der Waals surface area contributed by atoms with Gasteiger partial charge in [0, 0.05) is 36.1 Å². The molecule has 2 heterocycles. The van der Waals surface area contributed by atoms with Crippen LogP contribution in [0.1, 0.15) is 38.5 Å². The Balaban J connectivity index is 1.53. The maximum Gasteiger partial charge on any atom is 0.510 e. The van der Waals surface area contributed by atoms with E-state index in [0.717, 1.165) is 32.1 Å². The number of nitrogens with zero attached hydrogens (tertiary/aromatic N) is 2. The Morgan fingerprint density at radius 1 is 1.10 bits per heavy atom. The first-order chi connectivity index (χ1) is 14.9. The molecule has 0 spiro atoms. The van der Waals surface area contributed by atoms with Crippen molar-refractivity contribution in [3.05, 3.63) is 40.8 Å². The summed E-state index contributed by atoms with van der Waals surface area (Å²) >= 11 is 0. The summed E-state index contributed by atoms with van der Waals surface area (Å²) in [6.45, 7) is 0.304. The molecule has 31 heavy (non-hydrogen) atoms. The van der Waals surface area contributed by atoms with Crippen molar-refractivity contribution in [3.8, 4) is 0 Å². The number of fused-ring (bicyclic) bond motifs is 1. The van der Waals surface area contributed by atoms with Gasteiger partial charge in [-0.15, -0.1) is 0 Å². The van der Waals surface area contributed by atoms with Crippen LogP contribution in [0.25, 0.3) is 10.8 Å². The number of benzene rings is 1. The monoisotopic (exact) mass is 449 g/mol. The standard InChI is InChI=1S/C21H27N3O6S/c22-15-9-12-24(13-15)31(27,28)19-8-4-7-18-17(19)10-11-23(20(18)25)14-29-21(26)30-16-5-2-1-3-6-16/h4,7-8,10-11,15-16H,1-3,5-6,9,12-14,22H2/t15-/m1/s1. The Morgan fingerprint density at radius 2 is 1.87 bits per heavy atom. The summed E-state index contributed by atoms with van der Waals surface area (Å²) in [7, 11) is -3.77. The van der Waals surface area contributed by atoms with E-state index in [-0.39, 0.29) is 35.7 Å². The van der Waals surface area contributed by atoms with Gasteiger partial charge in [-0.1, -0.05) is 12.5 Å². The highest BCUT2D eigenvalue weighted by Gasteiger charge is 2.32. The SMILES string of the molecule is N[C@@H]1CCN(S(=O)(=O)c2cccc3c(=O)n(COC(=O)OC4CCCCC4)ccc23)C1. The number of carbonyl (C=O) groups is 1. The van der Waals surface area contributed by atoms with Crippen molar-refractivity contribution in [2.45, 2.75) is 62.3 Å². The molecule has 1 saturated carbocycles. The molecule has 1 aromatic heterocycles. The zero-order valence-corrected chi connectivity index (χ0v) is 18.1. The molecule has 1 aliphatic carbocycles. The zero-order valence-electron chi connectivity index (χ0n) is 17.2. The average Bonchev–Trinajstić information content (AvgIpc) is 3.21. The van der Waals surface area contributed by atoms with Gasteiger partial charge in [-0.05, 0) is 50.3 Å². The highest BCUT2D eigenvalue weighted by molar-refractivity contribution is 7.89. The molecule has 0 unspecified atom stereocenters. The minimum Gasteiger partial charge on any atom is -0.431 e. The molecule has 0 amide bonds. The van der Waals surface area contributed by atoms with E-state index in [4.69, 9.17) is 15.2 Å². The van der Waals surface area contributed by atoms with Crippen molar-refractivity contribution in [2.75, 3.05) is 13.1 Å². The topological polar surface area (TPSA) is 121 Å². The Kier molecular flexibility index (Phi) is 6.31. The predicted octanol–water partition coefficient (Wildman–Crippen LogP) is 2.17. The number of nitrogens with two attached hydrogens (primary N) is 1. The van der Waals surface area contributed by atoms with Crippen LogP contribution in [-0.4, -0.2) is 48.7 Å². The fourth-order valence-corrected chi connectivity index (χ4v) is 5.92. The molecule has 2 aromatic rings. The first kappa shape index (κ1) is 21.8. The summed E-state index contributed by atoms with van der Waals surface area (Å²) in [5, 5.41) is 0.560. The van der Waals surface area contributed by atoms with Gasteiger partial charge in [0.25, 0.3) is 5.56 Å². The summed E-state index contributed by atoms with van der Waals surface area (Å²) in [5.41, 5.74) is 5.42. The molecule has 1 saturated heterocycles. The molecule has 0 bridgehead atoms. The molecular formula is C21H27N3O6S. The second-order valence-corrected chi connectivity index (χ2v) is 10.0.